The Bertz CT molecular complexity index is 270. The van der Waals surface area contributed by atoms with Gasteiger partial charge in [0.1, 0.15) is 12.7 Å². The fourth-order valence-electron chi connectivity index (χ4n) is 1.28. The summed E-state index contributed by atoms with van der Waals surface area (Å²) >= 11 is 0. The van der Waals surface area contributed by atoms with Crippen LogP contribution in [0.5, 0.6) is 0 Å². The Morgan fingerprint density at radius 3 is 2.71 bits per heavy atom. The second-order valence-corrected chi connectivity index (χ2v) is 3.83. The number of epoxide rings is 1. The molecule has 5 heteroatoms. The molecule has 1 saturated heterocycles. The standard InChI is InChI=1S/C12H20O5/c1-4-7-10(5-2)17-16-9-12(8-15-12)11(13)14-6-3/h4,7,10H,5-6,8-9H2,1-3H3/b7-4+. The van der Waals surface area contributed by atoms with Gasteiger partial charge < -0.3 is 9.47 Å². The Balaban J connectivity index is 2.28. The van der Waals surface area contributed by atoms with E-state index in [0.717, 1.165) is 6.42 Å². The normalized spacial score (nSPS) is 24.9. The van der Waals surface area contributed by atoms with Crippen LogP contribution in [0.1, 0.15) is 27.2 Å². The van der Waals surface area contributed by atoms with E-state index in [0.29, 0.717) is 13.2 Å². The van der Waals surface area contributed by atoms with Gasteiger partial charge in [-0.25, -0.2) is 14.6 Å². The van der Waals surface area contributed by atoms with Crippen LogP contribution in [0.25, 0.3) is 0 Å². The van der Waals surface area contributed by atoms with Crippen LogP contribution in [-0.4, -0.2) is 37.5 Å². The summed E-state index contributed by atoms with van der Waals surface area (Å²) in [7, 11) is 0. The summed E-state index contributed by atoms with van der Waals surface area (Å²) in [5, 5.41) is 0. The summed E-state index contributed by atoms with van der Waals surface area (Å²) in [6, 6.07) is 0. The Hall–Kier alpha value is -0.910. The number of allylic oxidation sites excluding steroid dienone is 1. The van der Waals surface area contributed by atoms with E-state index in [4.69, 9.17) is 19.2 Å². The van der Waals surface area contributed by atoms with Crippen LogP contribution in [0.2, 0.25) is 0 Å². The third kappa shape index (κ3) is 4.11. The average molecular weight is 244 g/mol. The maximum Gasteiger partial charge on any atom is 0.343 e. The highest BCUT2D eigenvalue weighted by Crippen LogP contribution is 2.29. The van der Waals surface area contributed by atoms with E-state index in [1.165, 1.54) is 0 Å². The Labute approximate surface area is 102 Å². The van der Waals surface area contributed by atoms with Crippen LogP contribution >= 0.6 is 0 Å². The van der Waals surface area contributed by atoms with E-state index >= 15 is 0 Å². The number of rotatable bonds is 8. The molecule has 1 rings (SSSR count). The molecule has 0 saturated carbocycles. The lowest BCUT2D eigenvalue weighted by atomic mass is 10.2. The zero-order valence-corrected chi connectivity index (χ0v) is 10.6. The van der Waals surface area contributed by atoms with Crippen molar-refractivity contribution in [2.75, 3.05) is 19.8 Å². The molecule has 0 radical (unpaired) electrons. The van der Waals surface area contributed by atoms with Crippen molar-refractivity contribution in [3.05, 3.63) is 12.2 Å². The molecule has 0 bridgehead atoms. The fraction of sp³-hybridized carbons (Fsp3) is 0.750. The second kappa shape index (κ2) is 6.74. The number of carbonyl (C=O) groups excluding carboxylic acids is 1. The van der Waals surface area contributed by atoms with Crippen LogP contribution in [0.4, 0.5) is 0 Å². The van der Waals surface area contributed by atoms with Crippen LogP contribution in [-0.2, 0) is 24.0 Å². The first-order chi connectivity index (χ1) is 8.18. The maximum absolute atomic E-state index is 11.5. The minimum Gasteiger partial charge on any atom is -0.464 e. The first-order valence-corrected chi connectivity index (χ1v) is 5.90. The number of hydrogen-bond donors (Lipinski definition) is 0. The van der Waals surface area contributed by atoms with Crippen molar-refractivity contribution in [2.45, 2.75) is 38.9 Å². The van der Waals surface area contributed by atoms with Crippen LogP contribution < -0.4 is 0 Å². The molecule has 1 fully saturated rings. The van der Waals surface area contributed by atoms with Crippen molar-refractivity contribution >= 4 is 5.97 Å². The topological polar surface area (TPSA) is 57.3 Å². The van der Waals surface area contributed by atoms with E-state index in [9.17, 15) is 4.79 Å². The first-order valence-electron chi connectivity index (χ1n) is 5.90. The van der Waals surface area contributed by atoms with Gasteiger partial charge in [0.15, 0.2) is 0 Å². The Morgan fingerprint density at radius 1 is 1.53 bits per heavy atom. The molecule has 0 aromatic carbocycles. The predicted octanol–water partition coefficient (Wildman–Crippen LogP) is 1.62. The van der Waals surface area contributed by atoms with Crippen molar-refractivity contribution in [1.82, 2.24) is 0 Å². The molecular formula is C12H20O5. The maximum atomic E-state index is 11.5. The molecular weight excluding hydrogens is 224 g/mol. The average Bonchev–Trinajstić information content (AvgIpc) is 3.09. The first kappa shape index (κ1) is 14.2. The minimum atomic E-state index is -0.940. The third-order valence-corrected chi connectivity index (χ3v) is 2.43. The SMILES string of the molecule is C/C=C/C(CC)OOCC1(C(=O)OCC)CO1. The zero-order chi connectivity index (χ0) is 12.7. The molecule has 98 valence electrons. The van der Waals surface area contributed by atoms with Gasteiger partial charge in [-0.1, -0.05) is 19.1 Å². The molecule has 0 spiro atoms. The summed E-state index contributed by atoms with van der Waals surface area (Å²) in [4.78, 5) is 21.7. The molecule has 2 atom stereocenters. The van der Waals surface area contributed by atoms with Gasteiger partial charge in [0, 0.05) is 0 Å². The van der Waals surface area contributed by atoms with Crippen molar-refractivity contribution in [3.8, 4) is 0 Å². The molecule has 0 aliphatic carbocycles. The predicted molar refractivity (Wildman–Crippen MR) is 61.2 cm³/mol. The van der Waals surface area contributed by atoms with E-state index in [2.05, 4.69) is 0 Å². The van der Waals surface area contributed by atoms with Gasteiger partial charge in [-0.15, -0.1) is 0 Å². The molecule has 5 nitrogen and oxygen atoms in total. The van der Waals surface area contributed by atoms with Crippen molar-refractivity contribution < 1.29 is 24.0 Å². The minimum absolute atomic E-state index is 0.0693. The third-order valence-electron chi connectivity index (χ3n) is 2.43. The highest BCUT2D eigenvalue weighted by atomic mass is 17.2. The van der Waals surface area contributed by atoms with Crippen LogP contribution in [0.15, 0.2) is 12.2 Å². The molecule has 1 aliphatic rings. The number of hydrogen-bond acceptors (Lipinski definition) is 5. The zero-order valence-electron chi connectivity index (χ0n) is 10.6. The van der Waals surface area contributed by atoms with Gasteiger partial charge in [0.2, 0.25) is 5.60 Å². The van der Waals surface area contributed by atoms with Gasteiger partial charge in [-0.2, -0.15) is 0 Å². The van der Waals surface area contributed by atoms with Crippen LogP contribution in [0, 0.1) is 0 Å². The molecule has 2 unspecified atom stereocenters. The molecule has 1 heterocycles. The van der Waals surface area contributed by atoms with E-state index in [-0.39, 0.29) is 18.7 Å². The second-order valence-electron chi connectivity index (χ2n) is 3.83. The largest absolute Gasteiger partial charge is 0.464 e. The van der Waals surface area contributed by atoms with Gasteiger partial charge in [-0.3, -0.25) is 0 Å². The summed E-state index contributed by atoms with van der Waals surface area (Å²) < 4.78 is 9.98. The monoisotopic (exact) mass is 244 g/mol. The molecule has 0 N–H and O–H groups in total. The van der Waals surface area contributed by atoms with E-state index < -0.39 is 5.60 Å². The Morgan fingerprint density at radius 2 is 2.24 bits per heavy atom. The molecule has 0 aromatic rings. The fourth-order valence-corrected chi connectivity index (χ4v) is 1.28. The van der Waals surface area contributed by atoms with E-state index in [1.54, 1.807) is 6.92 Å². The Kier molecular flexibility index (Phi) is 5.61. The summed E-state index contributed by atoms with van der Waals surface area (Å²) in [6.45, 7) is 6.39. The highest BCUT2D eigenvalue weighted by molar-refractivity contribution is 5.82. The highest BCUT2D eigenvalue weighted by Gasteiger charge is 2.55. The van der Waals surface area contributed by atoms with Gasteiger partial charge in [0.25, 0.3) is 0 Å². The summed E-state index contributed by atoms with van der Waals surface area (Å²) in [5.74, 6) is -0.386. The van der Waals surface area contributed by atoms with Gasteiger partial charge in [-0.05, 0) is 20.3 Å². The smallest absolute Gasteiger partial charge is 0.343 e. The lowest BCUT2D eigenvalue weighted by Gasteiger charge is -2.13. The lowest BCUT2D eigenvalue weighted by Crippen LogP contribution is -2.33. The number of esters is 1. The quantitative estimate of drug-likeness (QED) is 0.213. The summed E-state index contributed by atoms with van der Waals surface area (Å²) in [6.07, 6.45) is 4.49. The summed E-state index contributed by atoms with van der Waals surface area (Å²) in [5.41, 5.74) is -0.940. The van der Waals surface area contributed by atoms with Crippen LogP contribution in [0.3, 0.4) is 0 Å². The van der Waals surface area contributed by atoms with E-state index in [1.807, 2.05) is 26.0 Å². The molecule has 17 heavy (non-hydrogen) atoms. The number of carbonyl (C=O) groups is 1. The number of ether oxygens (including phenoxy) is 2. The molecule has 0 aromatic heterocycles. The van der Waals surface area contributed by atoms with Crippen molar-refractivity contribution in [3.63, 3.8) is 0 Å². The molecule has 0 amide bonds. The lowest BCUT2D eigenvalue weighted by molar-refractivity contribution is -0.320. The van der Waals surface area contributed by atoms with Crippen molar-refractivity contribution in [1.29, 1.82) is 0 Å². The van der Waals surface area contributed by atoms with Crippen molar-refractivity contribution in [2.24, 2.45) is 0 Å². The molecule has 1 aliphatic heterocycles. The van der Waals surface area contributed by atoms with Gasteiger partial charge >= 0.3 is 5.97 Å². The van der Waals surface area contributed by atoms with Gasteiger partial charge in [0.05, 0.1) is 13.2 Å².